The molecule has 0 N–H and O–H groups in total. The molecule has 102 valence electrons. The van der Waals surface area contributed by atoms with Crippen LogP contribution in [0.4, 0.5) is 5.69 Å². The lowest BCUT2D eigenvalue weighted by atomic mass is 10.1. The molecule has 18 heavy (non-hydrogen) atoms. The zero-order chi connectivity index (χ0) is 13.4. The van der Waals surface area contributed by atoms with E-state index in [9.17, 15) is 0 Å². The lowest BCUT2D eigenvalue weighted by Gasteiger charge is -2.26. The van der Waals surface area contributed by atoms with Crippen molar-refractivity contribution in [2.45, 2.75) is 12.8 Å². The average Bonchev–Trinajstić information content (AvgIpc) is 2.39. The highest BCUT2D eigenvalue weighted by atomic mass is 35.5. The Morgan fingerprint density at radius 3 is 2.22 bits per heavy atom. The van der Waals surface area contributed by atoms with Gasteiger partial charge < -0.3 is 14.4 Å². The molecular formula is C14H22ClNO2. The molecule has 0 atom stereocenters. The monoisotopic (exact) mass is 271 g/mol. The molecule has 0 aliphatic rings. The van der Waals surface area contributed by atoms with Gasteiger partial charge in [0.2, 0.25) is 0 Å². The quantitative estimate of drug-likeness (QED) is 0.679. The van der Waals surface area contributed by atoms with Gasteiger partial charge in [-0.25, -0.2) is 0 Å². The normalized spacial score (nSPS) is 10.7. The van der Waals surface area contributed by atoms with Crippen molar-refractivity contribution in [1.29, 1.82) is 0 Å². The van der Waals surface area contributed by atoms with Crippen molar-refractivity contribution < 1.29 is 9.47 Å². The Morgan fingerprint density at radius 1 is 1.11 bits per heavy atom. The van der Waals surface area contributed by atoms with E-state index >= 15 is 0 Å². The smallest absolute Gasteiger partial charge is 0.0637 e. The number of ether oxygens (including phenoxy) is 2. The zero-order valence-corrected chi connectivity index (χ0v) is 12.2. The molecule has 0 saturated carbocycles. The summed E-state index contributed by atoms with van der Waals surface area (Å²) in [7, 11) is 3.43. The first-order valence-corrected chi connectivity index (χ1v) is 6.64. The number of hydrogen-bond acceptors (Lipinski definition) is 3. The maximum atomic E-state index is 6.03. The Balaban J connectivity index is 2.88. The maximum absolute atomic E-state index is 6.03. The Labute approximate surface area is 115 Å². The van der Waals surface area contributed by atoms with Crippen LogP contribution in [0.1, 0.15) is 11.1 Å². The number of alkyl halides is 1. The van der Waals surface area contributed by atoms with Crippen LogP contribution in [0.15, 0.2) is 18.2 Å². The number of aryl methyl sites for hydroxylation is 1. The summed E-state index contributed by atoms with van der Waals surface area (Å²) in [5, 5.41) is 0. The molecule has 0 heterocycles. The van der Waals surface area contributed by atoms with E-state index in [1.54, 1.807) is 14.2 Å². The van der Waals surface area contributed by atoms with Gasteiger partial charge in [0.1, 0.15) is 0 Å². The number of methoxy groups -OCH3 is 2. The fraction of sp³-hybridized carbons (Fsp3) is 0.571. The first-order chi connectivity index (χ1) is 8.72. The summed E-state index contributed by atoms with van der Waals surface area (Å²) >= 11 is 6.03. The summed E-state index contributed by atoms with van der Waals surface area (Å²) in [4.78, 5) is 2.25. The maximum Gasteiger partial charge on any atom is 0.0637 e. The Hall–Kier alpha value is -0.770. The first-order valence-electron chi connectivity index (χ1n) is 6.11. The molecule has 0 saturated heterocycles. The van der Waals surface area contributed by atoms with Crippen LogP contribution in [0.5, 0.6) is 0 Å². The van der Waals surface area contributed by atoms with Gasteiger partial charge in [0.15, 0.2) is 0 Å². The predicted molar refractivity (Wildman–Crippen MR) is 76.7 cm³/mol. The van der Waals surface area contributed by atoms with Crippen LogP contribution in [0, 0.1) is 6.92 Å². The van der Waals surface area contributed by atoms with E-state index in [2.05, 4.69) is 30.0 Å². The van der Waals surface area contributed by atoms with Crippen LogP contribution >= 0.6 is 11.6 Å². The molecule has 0 aliphatic heterocycles. The van der Waals surface area contributed by atoms with Gasteiger partial charge in [-0.1, -0.05) is 17.7 Å². The van der Waals surface area contributed by atoms with Crippen LogP contribution in [-0.4, -0.2) is 40.5 Å². The van der Waals surface area contributed by atoms with Gasteiger partial charge >= 0.3 is 0 Å². The third-order valence-corrected chi connectivity index (χ3v) is 3.14. The van der Waals surface area contributed by atoms with Crippen molar-refractivity contribution in [1.82, 2.24) is 0 Å². The van der Waals surface area contributed by atoms with Gasteiger partial charge in [-0.05, 0) is 18.6 Å². The molecule has 1 aromatic carbocycles. The molecule has 0 unspecified atom stereocenters. The van der Waals surface area contributed by atoms with Crippen molar-refractivity contribution in [3.8, 4) is 0 Å². The van der Waals surface area contributed by atoms with Crippen molar-refractivity contribution in [3.63, 3.8) is 0 Å². The summed E-state index contributed by atoms with van der Waals surface area (Å²) in [5.74, 6) is 0.521. The van der Waals surface area contributed by atoms with Gasteiger partial charge in [0.25, 0.3) is 0 Å². The van der Waals surface area contributed by atoms with Crippen molar-refractivity contribution in [2.24, 2.45) is 0 Å². The van der Waals surface area contributed by atoms with Crippen LogP contribution in [-0.2, 0) is 15.4 Å². The fourth-order valence-corrected chi connectivity index (χ4v) is 2.10. The summed E-state index contributed by atoms with van der Waals surface area (Å²) in [5.41, 5.74) is 3.56. The number of hydrogen-bond donors (Lipinski definition) is 0. The number of rotatable bonds is 8. The Morgan fingerprint density at radius 2 is 1.72 bits per heavy atom. The molecule has 0 bridgehead atoms. The van der Waals surface area contributed by atoms with Crippen LogP contribution in [0.2, 0.25) is 0 Å². The minimum atomic E-state index is 0.521. The second kappa shape index (κ2) is 8.35. The van der Waals surface area contributed by atoms with E-state index in [0.29, 0.717) is 19.1 Å². The van der Waals surface area contributed by atoms with Gasteiger partial charge in [0, 0.05) is 38.9 Å². The second-order valence-corrected chi connectivity index (χ2v) is 4.51. The number of nitrogens with zero attached hydrogens (tertiary/aromatic N) is 1. The van der Waals surface area contributed by atoms with Crippen molar-refractivity contribution in [3.05, 3.63) is 29.3 Å². The Bertz CT molecular complexity index is 350. The highest BCUT2D eigenvalue weighted by Gasteiger charge is 2.10. The van der Waals surface area contributed by atoms with E-state index in [0.717, 1.165) is 18.7 Å². The lowest BCUT2D eigenvalue weighted by Crippen LogP contribution is -2.31. The molecule has 4 heteroatoms. The summed E-state index contributed by atoms with van der Waals surface area (Å²) in [6.07, 6.45) is 0. The summed E-state index contributed by atoms with van der Waals surface area (Å²) in [6, 6.07) is 6.37. The first kappa shape index (κ1) is 15.3. The number of halogens is 1. The summed E-state index contributed by atoms with van der Waals surface area (Å²) in [6.45, 7) is 5.15. The third kappa shape index (κ3) is 4.48. The highest BCUT2D eigenvalue weighted by molar-refractivity contribution is 6.17. The van der Waals surface area contributed by atoms with Crippen LogP contribution in [0.3, 0.4) is 0 Å². The van der Waals surface area contributed by atoms with Crippen molar-refractivity contribution >= 4 is 17.3 Å². The lowest BCUT2D eigenvalue weighted by molar-refractivity contribution is 0.190. The Kier molecular flexibility index (Phi) is 7.09. The molecule has 1 aromatic rings. The zero-order valence-electron chi connectivity index (χ0n) is 11.4. The predicted octanol–water partition coefficient (Wildman–Crippen LogP) is 2.83. The van der Waals surface area contributed by atoms with Gasteiger partial charge in [0.05, 0.1) is 13.2 Å². The largest absolute Gasteiger partial charge is 0.383 e. The van der Waals surface area contributed by atoms with Crippen LogP contribution < -0.4 is 4.90 Å². The standard InChI is InChI=1S/C14H22ClNO2/c1-12-4-5-14(13(10-12)11-15)16(6-8-17-2)7-9-18-3/h4-5,10H,6-9,11H2,1-3H3. The number of benzene rings is 1. The second-order valence-electron chi connectivity index (χ2n) is 4.24. The van der Waals surface area contributed by atoms with E-state index in [-0.39, 0.29) is 0 Å². The molecule has 0 aromatic heterocycles. The molecule has 0 amide bonds. The SMILES string of the molecule is COCCN(CCOC)c1ccc(C)cc1CCl. The van der Waals surface area contributed by atoms with E-state index in [4.69, 9.17) is 21.1 Å². The van der Waals surface area contributed by atoms with Gasteiger partial charge in [-0.15, -0.1) is 11.6 Å². The van der Waals surface area contributed by atoms with Gasteiger partial charge in [-0.3, -0.25) is 0 Å². The molecule has 0 aliphatic carbocycles. The minimum Gasteiger partial charge on any atom is -0.383 e. The molecular weight excluding hydrogens is 250 g/mol. The minimum absolute atomic E-state index is 0.521. The molecule has 0 radical (unpaired) electrons. The summed E-state index contributed by atoms with van der Waals surface area (Å²) < 4.78 is 10.3. The molecule has 0 spiro atoms. The number of anilines is 1. The highest BCUT2D eigenvalue weighted by Crippen LogP contribution is 2.23. The van der Waals surface area contributed by atoms with E-state index < -0.39 is 0 Å². The third-order valence-electron chi connectivity index (χ3n) is 2.85. The van der Waals surface area contributed by atoms with E-state index in [1.165, 1.54) is 11.3 Å². The molecule has 0 fully saturated rings. The molecule has 1 rings (SSSR count). The van der Waals surface area contributed by atoms with Gasteiger partial charge in [-0.2, -0.15) is 0 Å². The van der Waals surface area contributed by atoms with Crippen molar-refractivity contribution in [2.75, 3.05) is 45.4 Å². The van der Waals surface area contributed by atoms with E-state index in [1.807, 2.05) is 0 Å². The molecule has 3 nitrogen and oxygen atoms in total. The average molecular weight is 272 g/mol. The topological polar surface area (TPSA) is 21.7 Å². The fourth-order valence-electron chi connectivity index (χ4n) is 1.89. The van der Waals surface area contributed by atoms with Crippen LogP contribution in [0.25, 0.3) is 0 Å².